The molecule has 7 heteroatoms. The molecule has 2 atom stereocenters. The molecule has 0 unspecified atom stereocenters. The van der Waals surface area contributed by atoms with Crippen LogP contribution in [0.2, 0.25) is 0 Å². The SMILES string of the molecule is O=[N+]([O-])c1ccc(O)c(C=N[C@@H]2CCCC[C@H]2N=Cc2c(O)ccc3ccccc23)c1. The Bertz CT molecular complexity index is 1170. The van der Waals surface area contributed by atoms with E-state index in [2.05, 4.69) is 4.99 Å². The van der Waals surface area contributed by atoms with Crippen LogP contribution >= 0.6 is 0 Å². The molecule has 158 valence electrons. The van der Waals surface area contributed by atoms with E-state index >= 15 is 0 Å². The van der Waals surface area contributed by atoms with Gasteiger partial charge in [0.15, 0.2) is 0 Å². The number of nitro groups is 1. The Morgan fingerprint density at radius 2 is 1.58 bits per heavy atom. The molecule has 0 amide bonds. The van der Waals surface area contributed by atoms with Gasteiger partial charge in [-0.25, -0.2) is 0 Å². The first kappa shape index (κ1) is 20.5. The Labute approximate surface area is 179 Å². The normalized spacial score (nSPS) is 19.4. The van der Waals surface area contributed by atoms with Gasteiger partial charge in [-0.05, 0) is 35.7 Å². The van der Waals surface area contributed by atoms with Gasteiger partial charge in [-0.15, -0.1) is 0 Å². The summed E-state index contributed by atoms with van der Waals surface area (Å²) < 4.78 is 0. The highest BCUT2D eigenvalue weighted by Gasteiger charge is 2.23. The maximum Gasteiger partial charge on any atom is 0.270 e. The lowest BCUT2D eigenvalue weighted by atomic mass is 9.91. The van der Waals surface area contributed by atoms with E-state index in [9.17, 15) is 20.3 Å². The van der Waals surface area contributed by atoms with Crippen LogP contribution < -0.4 is 0 Å². The minimum atomic E-state index is -0.499. The maximum absolute atomic E-state index is 11.0. The van der Waals surface area contributed by atoms with Crippen LogP contribution in [-0.2, 0) is 0 Å². The Hall–Kier alpha value is -3.74. The Kier molecular flexibility index (Phi) is 5.93. The monoisotopic (exact) mass is 417 g/mol. The number of nitrogens with zero attached hydrogens (tertiary/aromatic N) is 3. The number of fused-ring (bicyclic) bond motifs is 1. The molecule has 4 rings (SSSR count). The molecule has 3 aromatic carbocycles. The molecule has 0 heterocycles. The van der Waals surface area contributed by atoms with Crippen molar-refractivity contribution >= 4 is 28.9 Å². The number of nitro benzene ring substituents is 1. The molecule has 1 aliphatic carbocycles. The van der Waals surface area contributed by atoms with E-state index < -0.39 is 4.92 Å². The molecule has 3 aromatic rings. The molecule has 0 aliphatic heterocycles. The number of rotatable bonds is 5. The first-order valence-electron chi connectivity index (χ1n) is 10.3. The van der Waals surface area contributed by atoms with E-state index in [0.29, 0.717) is 11.1 Å². The van der Waals surface area contributed by atoms with Crippen molar-refractivity contribution < 1.29 is 15.1 Å². The zero-order chi connectivity index (χ0) is 21.8. The van der Waals surface area contributed by atoms with Crippen molar-refractivity contribution in [3.63, 3.8) is 0 Å². The largest absolute Gasteiger partial charge is 0.507 e. The highest BCUT2D eigenvalue weighted by molar-refractivity contribution is 6.02. The van der Waals surface area contributed by atoms with Gasteiger partial charge < -0.3 is 10.2 Å². The second-order valence-corrected chi connectivity index (χ2v) is 7.70. The third-order valence-corrected chi connectivity index (χ3v) is 5.66. The summed E-state index contributed by atoms with van der Waals surface area (Å²) in [5.74, 6) is 0.130. The van der Waals surface area contributed by atoms with Crippen LogP contribution in [0.25, 0.3) is 10.8 Å². The van der Waals surface area contributed by atoms with E-state index in [1.165, 1.54) is 24.4 Å². The molecule has 1 aliphatic rings. The van der Waals surface area contributed by atoms with Gasteiger partial charge in [0.05, 0.1) is 17.0 Å². The third-order valence-electron chi connectivity index (χ3n) is 5.66. The number of hydrogen-bond donors (Lipinski definition) is 2. The summed E-state index contributed by atoms with van der Waals surface area (Å²) in [6.07, 6.45) is 6.99. The fraction of sp³-hybridized carbons (Fsp3) is 0.250. The number of hydrogen-bond acceptors (Lipinski definition) is 6. The van der Waals surface area contributed by atoms with Crippen LogP contribution in [0.1, 0.15) is 36.8 Å². The average Bonchev–Trinajstić information content (AvgIpc) is 2.78. The molecule has 0 spiro atoms. The zero-order valence-electron chi connectivity index (χ0n) is 16.9. The van der Waals surface area contributed by atoms with Gasteiger partial charge in [-0.3, -0.25) is 20.1 Å². The molecule has 1 saturated carbocycles. The van der Waals surface area contributed by atoms with Crippen molar-refractivity contribution in [2.45, 2.75) is 37.8 Å². The quantitative estimate of drug-likeness (QED) is 0.345. The Balaban J connectivity index is 1.59. The lowest BCUT2D eigenvalue weighted by Gasteiger charge is -2.25. The molecule has 0 bridgehead atoms. The van der Waals surface area contributed by atoms with Gasteiger partial charge in [0.1, 0.15) is 11.5 Å². The first-order chi connectivity index (χ1) is 15.0. The summed E-state index contributed by atoms with van der Waals surface area (Å²) in [4.78, 5) is 19.9. The summed E-state index contributed by atoms with van der Waals surface area (Å²) in [5, 5.41) is 33.3. The molecule has 2 N–H and O–H groups in total. The van der Waals surface area contributed by atoms with E-state index in [4.69, 9.17) is 4.99 Å². The van der Waals surface area contributed by atoms with Crippen LogP contribution in [-0.4, -0.2) is 39.6 Å². The van der Waals surface area contributed by atoms with Gasteiger partial charge in [-0.2, -0.15) is 0 Å². The number of aliphatic imine (C=N–C) groups is 2. The van der Waals surface area contributed by atoms with Crippen molar-refractivity contribution in [3.05, 3.63) is 75.8 Å². The van der Waals surface area contributed by atoms with E-state index in [1.54, 1.807) is 12.3 Å². The second-order valence-electron chi connectivity index (χ2n) is 7.70. The van der Waals surface area contributed by atoms with Gasteiger partial charge in [-0.1, -0.05) is 43.2 Å². The zero-order valence-corrected chi connectivity index (χ0v) is 16.9. The van der Waals surface area contributed by atoms with Crippen LogP contribution in [0.3, 0.4) is 0 Å². The Morgan fingerprint density at radius 3 is 2.32 bits per heavy atom. The highest BCUT2D eigenvalue weighted by Crippen LogP contribution is 2.28. The van der Waals surface area contributed by atoms with Crippen LogP contribution in [0.15, 0.2) is 64.6 Å². The molecule has 31 heavy (non-hydrogen) atoms. The van der Waals surface area contributed by atoms with Gasteiger partial charge in [0.2, 0.25) is 0 Å². The lowest BCUT2D eigenvalue weighted by Crippen LogP contribution is -2.27. The molecule has 0 radical (unpaired) electrons. The van der Waals surface area contributed by atoms with Crippen molar-refractivity contribution in [2.75, 3.05) is 0 Å². The number of phenolic OH excluding ortho intramolecular Hbond substituents is 2. The maximum atomic E-state index is 11.0. The summed E-state index contributed by atoms with van der Waals surface area (Å²) in [5.41, 5.74) is 0.904. The summed E-state index contributed by atoms with van der Waals surface area (Å²) in [6.45, 7) is 0. The van der Waals surface area contributed by atoms with E-state index in [0.717, 1.165) is 36.5 Å². The molecule has 0 saturated heterocycles. The molecular weight excluding hydrogens is 394 g/mol. The molecule has 1 fully saturated rings. The number of benzene rings is 3. The van der Waals surface area contributed by atoms with Crippen molar-refractivity contribution in [1.29, 1.82) is 0 Å². The Morgan fingerprint density at radius 1 is 0.903 bits per heavy atom. The van der Waals surface area contributed by atoms with Gasteiger partial charge >= 0.3 is 0 Å². The number of non-ortho nitro benzene ring substituents is 1. The topological polar surface area (TPSA) is 108 Å². The van der Waals surface area contributed by atoms with Crippen molar-refractivity contribution in [3.8, 4) is 11.5 Å². The third kappa shape index (κ3) is 4.55. The summed E-state index contributed by atoms with van der Waals surface area (Å²) >= 11 is 0. The number of aromatic hydroxyl groups is 2. The molecule has 7 nitrogen and oxygen atoms in total. The van der Waals surface area contributed by atoms with E-state index in [-0.39, 0.29) is 29.3 Å². The smallest absolute Gasteiger partial charge is 0.270 e. The molecular formula is C24H23N3O4. The van der Waals surface area contributed by atoms with Gasteiger partial charge in [0.25, 0.3) is 5.69 Å². The summed E-state index contributed by atoms with van der Waals surface area (Å²) in [7, 11) is 0. The number of phenols is 2. The minimum absolute atomic E-state index is 0.0501. The van der Waals surface area contributed by atoms with Gasteiger partial charge in [0, 0.05) is 35.7 Å². The van der Waals surface area contributed by atoms with Crippen LogP contribution in [0.5, 0.6) is 11.5 Å². The van der Waals surface area contributed by atoms with Crippen LogP contribution in [0.4, 0.5) is 5.69 Å². The standard InChI is InChI=1S/C24H23N3O4/c28-23-12-10-18(27(30)31)13-17(23)14-25-21-7-3-4-8-22(21)26-15-20-19-6-2-1-5-16(19)9-11-24(20)29/h1-2,5-6,9-15,21-22,28-29H,3-4,7-8H2/t21-,22-/m1/s1. The fourth-order valence-electron chi connectivity index (χ4n) is 3.96. The second kappa shape index (κ2) is 8.95. The predicted octanol–water partition coefficient (Wildman–Crippen LogP) is 5.01. The minimum Gasteiger partial charge on any atom is -0.507 e. The van der Waals surface area contributed by atoms with Crippen molar-refractivity contribution in [1.82, 2.24) is 0 Å². The lowest BCUT2D eigenvalue weighted by molar-refractivity contribution is -0.384. The first-order valence-corrected chi connectivity index (χ1v) is 10.3. The predicted molar refractivity (Wildman–Crippen MR) is 122 cm³/mol. The average molecular weight is 417 g/mol. The fourth-order valence-corrected chi connectivity index (χ4v) is 3.96. The highest BCUT2D eigenvalue weighted by atomic mass is 16.6. The van der Waals surface area contributed by atoms with Crippen LogP contribution in [0, 0.1) is 10.1 Å². The summed E-state index contributed by atoms with van der Waals surface area (Å²) in [6, 6.07) is 15.1. The van der Waals surface area contributed by atoms with Crippen molar-refractivity contribution in [2.24, 2.45) is 9.98 Å². The van der Waals surface area contributed by atoms with E-state index in [1.807, 2.05) is 30.3 Å². The molecule has 0 aromatic heterocycles.